The number of H-pyrrole nitrogens is 1. The van der Waals surface area contributed by atoms with Gasteiger partial charge < -0.3 is 9.72 Å². The topological polar surface area (TPSA) is 59.9 Å². The molecule has 17 heavy (non-hydrogen) atoms. The first-order chi connectivity index (χ1) is 8.27. The molecule has 0 spiro atoms. The van der Waals surface area contributed by atoms with E-state index in [1.807, 2.05) is 10.7 Å². The highest BCUT2D eigenvalue weighted by Crippen LogP contribution is 2.26. The summed E-state index contributed by atoms with van der Waals surface area (Å²) in [6, 6.07) is 1.88. The lowest BCUT2D eigenvalue weighted by Crippen LogP contribution is -2.19. The van der Waals surface area contributed by atoms with Crippen LogP contribution in [0.2, 0.25) is 0 Å². The van der Waals surface area contributed by atoms with Crippen molar-refractivity contribution in [2.75, 3.05) is 6.61 Å². The number of aromatic nitrogens is 3. The van der Waals surface area contributed by atoms with Crippen LogP contribution in [0, 0.1) is 3.70 Å². The predicted octanol–water partition coefficient (Wildman–Crippen LogP) is 2.03. The Labute approximate surface area is 111 Å². The Morgan fingerprint density at radius 3 is 3.18 bits per heavy atom. The number of rotatable bonds is 1. The molecule has 1 aliphatic rings. The molecule has 90 valence electrons. The van der Waals surface area contributed by atoms with Gasteiger partial charge in [0.2, 0.25) is 0 Å². The number of hydrogen-bond donors (Lipinski definition) is 1. The summed E-state index contributed by atoms with van der Waals surface area (Å²) in [6.45, 7) is 0.770. The van der Waals surface area contributed by atoms with E-state index in [9.17, 15) is 4.79 Å². The molecule has 3 heterocycles. The van der Waals surface area contributed by atoms with Gasteiger partial charge >= 0.3 is 0 Å². The Bertz CT molecular complexity index is 598. The SMILES string of the molecule is O=c1[nH]ccc2c1c(I)nn2C1CCCCO1. The van der Waals surface area contributed by atoms with E-state index in [0.717, 1.165) is 35.1 Å². The summed E-state index contributed by atoms with van der Waals surface area (Å²) in [7, 11) is 0. The minimum atomic E-state index is -0.0889. The molecule has 1 aliphatic heterocycles. The monoisotopic (exact) mass is 345 g/mol. The third-order valence-electron chi connectivity index (χ3n) is 3.02. The fourth-order valence-electron chi connectivity index (χ4n) is 2.19. The molecule has 0 amide bonds. The van der Waals surface area contributed by atoms with Crippen molar-refractivity contribution in [1.82, 2.24) is 14.8 Å². The van der Waals surface area contributed by atoms with Gasteiger partial charge in [-0.25, -0.2) is 4.68 Å². The second kappa shape index (κ2) is 4.41. The maximum absolute atomic E-state index is 11.7. The zero-order valence-electron chi connectivity index (χ0n) is 9.15. The van der Waals surface area contributed by atoms with Crippen LogP contribution in [0.5, 0.6) is 0 Å². The minimum absolute atomic E-state index is 0.0310. The fraction of sp³-hybridized carbons (Fsp3) is 0.455. The quantitative estimate of drug-likeness (QED) is 0.805. The lowest BCUT2D eigenvalue weighted by atomic mass is 10.2. The van der Waals surface area contributed by atoms with Crippen LogP contribution >= 0.6 is 22.6 Å². The van der Waals surface area contributed by atoms with E-state index in [1.165, 1.54) is 0 Å². The number of nitrogens with zero attached hydrogens (tertiary/aromatic N) is 2. The molecule has 2 aromatic heterocycles. The second-order valence-corrected chi connectivity index (χ2v) is 5.15. The van der Waals surface area contributed by atoms with E-state index in [4.69, 9.17) is 4.74 Å². The average molecular weight is 345 g/mol. The van der Waals surface area contributed by atoms with Crippen LogP contribution in [0.4, 0.5) is 0 Å². The van der Waals surface area contributed by atoms with Gasteiger partial charge in [-0.3, -0.25) is 4.79 Å². The zero-order chi connectivity index (χ0) is 11.8. The van der Waals surface area contributed by atoms with E-state index in [1.54, 1.807) is 6.20 Å². The maximum atomic E-state index is 11.7. The molecular weight excluding hydrogens is 333 g/mol. The molecule has 1 atom stereocenters. The first-order valence-electron chi connectivity index (χ1n) is 5.64. The molecule has 1 fully saturated rings. The Hall–Kier alpha value is -0.890. The van der Waals surface area contributed by atoms with Crippen LogP contribution in [0.15, 0.2) is 17.1 Å². The predicted molar refractivity (Wildman–Crippen MR) is 71.9 cm³/mol. The molecule has 0 radical (unpaired) electrons. The molecule has 2 aromatic rings. The molecule has 0 bridgehead atoms. The van der Waals surface area contributed by atoms with Crippen LogP contribution in [-0.4, -0.2) is 21.4 Å². The van der Waals surface area contributed by atoms with E-state index in [-0.39, 0.29) is 11.8 Å². The van der Waals surface area contributed by atoms with E-state index >= 15 is 0 Å². The molecule has 3 rings (SSSR count). The van der Waals surface area contributed by atoms with Gasteiger partial charge in [0.15, 0.2) is 6.23 Å². The third kappa shape index (κ3) is 1.89. The van der Waals surface area contributed by atoms with E-state index in [0.29, 0.717) is 5.39 Å². The molecule has 5 nitrogen and oxygen atoms in total. The number of nitrogens with one attached hydrogen (secondary N) is 1. The minimum Gasteiger partial charge on any atom is -0.356 e. The normalized spacial score (nSPS) is 20.9. The van der Waals surface area contributed by atoms with Crippen molar-refractivity contribution in [3.63, 3.8) is 0 Å². The van der Waals surface area contributed by atoms with Crippen LogP contribution < -0.4 is 5.56 Å². The van der Waals surface area contributed by atoms with E-state index in [2.05, 4.69) is 32.7 Å². The molecule has 0 aromatic carbocycles. The second-order valence-electron chi connectivity index (χ2n) is 4.12. The van der Waals surface area contributed by atoms with Gasteiger partial charge in [-0.1, -0.05) is 0 Å². The third-order valence-corrected chi connectivity index (χ3v) is 3.77. The summed E-state index contributed by atoms with van der Waals surface area (Å²) >= 11 is 2.09. The van der Waals surface area contributed by atoms with Crippen LogP contribution in [0.3, 0.4) is 0 Å². The largest absolute Gasteiger partial charge is 0.356 e. The number of halogens is 1. The van der Waals surface area contributed by atoms with Crippen LogP contribution in [0.1, 0.15) is 25.5 Å². The number of ether oxygens (including phenoxy) is 1. The van der Waals surface area contributed by atoms with Crippen molar-refractivity contribution in [3.05, 3.63) is 26.3 Å². The summed E-state index contributed by atoms with van der Waals surface area (Å²) < 4.78 is 8.28. The van der Waals surface area contributed by atoms with Gasteiger partial charge in [0.05, 0.1) is 10.9 Å². The van der Waals surface area contributed by atoms with Crippen LogP contribution in [0.25, 0.3) is 10.9 Å². The van der Waals surface area contributed by atoms with Gasteiger partial charge in [-0.05, 0) is 47.9 Å². The molecule has 0 aliphatic carbocycles. The number of pyridine rings is 1. The van der Waals surface area contributed by atoms with Crippen molar-refractivity contribution in [2.45, 2.75) is 25.5 Å². The van der Waals surface area contributed by atoms with Crippen molar-refractivity contribution in [2.24, 2.45) is 0 Å². The van der Waals surface area contributed by atoms with Gasteiger partial charge in [-0.15, -0.1) is 0 Å². The van der Waals surface area contributed by atoms with Crippen molar-refractivity contribution < 1.29 is 4.74 Å². The molecular formula is C11H12IN3O2. The van der Waals surface area contributed by atoms with Crippen molar-refractivity contribution in [1.29, 1.82) is 0 Å². The summed E-state index contributed by atoms with van der Waals surface area (Å²) in [5, 5.41) is 5.09. The first kappa shape index (κ1) is 11.2. The molecule has 0 saturated carbocycles. The van der Waals surface area contributed by atoms with Crippen molar-refractivity contribution in [3.8, 4) is 0 Å². The Kier molecular flexibility index (Phi) is 2.91. The highest BCUT2D eigenvalue weighted by Gasteiger charge is 2.21. The summed E-state index contributed by atoms with van der Waals surface area (Å²) in [5.74, 6) is 0. The van der Waals surface area contributed by atoms with E-state index < -0.39 is 0 Å². The number of aromatic amines is 1. The Morgan fingerprint density at radius 1 is 1.53 bits per heavy atom. The van der Waals surface area contributed by atoms with Crippen molar-refractivity contribution >= 4 is 33.5 Å². The standard InChI is InChI=1S/C11H12IN3O2/c12-10-9-7(4-5-13-11(9)16)15(14-10)8-3-1-2-6-17-8/h4-5,8H,1-3,6H2,(H,13,16). The molecule has 1 saturated heterocycles. The molecule has 1 N–H and O–H groups in total. The zero-order valence-corrected chi connectivity index (χ0v) is 11.3. The Morgan fingerprint density at radius 2 is 2.41 bits per heavy atom. The number of hydrogen-bond acceptors (Lipinski definition) is 3. The smallest absolute Gasteiger partial charge is 0.260 e. The van der Waals surface area contributed by atoms with Crippen LogP contribution in [-0.2, 0) is 4.74 Å². The summed E-state index contributed by atoms with van der Waals surface area (Å²) in [5.41, 5.74) is 0.763. The summed E-state index contributed by atoms with van der Waals surface area (Å²) in [4.78, 5) is 14.4. The maximum Gasteiger partial charge on any atom is 0.260 e. The van der Waals surface area contributed by atoms with Gasteiger partial charge in [0.25, 0.3) is 5.56 Å². The van der Waals surface area contributed by atoms with Gasteiger partial charge in [0, 0.05) is 12.8 Å². The average Bonchev–Trinajstić information content (AvgIpc) is 2.69. The lowest BCUT2D eigenvalue weighted by molar-refractivity contribution is -0.0368. The van der Waals surface area contributed by atoms with Gasteiger partial charge in [-0.2, -0.15) is 5.10 Å². The molecule has 1 unspecified atom stereocenters. The van der Waals surface area contributed by atoms with Gasteiger partial charge in [0.1, 0.15) is 3.70 Å². The summed E-state index contributed by atoms with van der Waals surface area (Å²) in [6.07, 6.45) is 4.83. The Balaban J connectivity index is 2.17. The molecule has 6 heteroatoms. The number of fused-ring (bicyclic) bond motifs is 1. The highest BCUT2D eigenvalue weighted by atomic mass is 127. The highest BCUT2D eigenvalue weighted by molar-refractivity contribution is 14.1. The lowest BCUT2D eigenvalue weighted by Gasteiger charge is -2.23. The first-order valence-corrected chi connectivity index (χ1v) is 6.72. The fourth-order valence-corrected chi connectivity index (χ4v) is 2.95.